The van der Waals surface area contributed by atoms with Gasteiger partial charge in [-0.15, -0.1) is 0 Å². The van der Waals surface area contributed by atoms with Crippen LogP contribution in [0.25, 0.3) is 0 Å². The summed E-state index contributed by atoms with van der Waals surface area (Å²) >= 11 is 0. The fraction of sp³-hybridized carbons (Fsp3) is 0.844. The number of rotatable bonds is 3. The van der Waals surface area contributed by atoms with Gasteiger partial charge in [-0.1, -0.05) is 54.5 Å². The summed E-state index contributed by atoms with van der Waals surface area (Å²) in [6.07, 6.45) is 1.24. The number of hydrogen-bond acceptors (Lipinski definition) is 5. The van der Waals surface area contributed by atoms with Crippen molar-refractivity contribution in [3.05, 3.63) is 11.6 Å². The van der Waals surface area contributed by atoms with Crippen LogP contribution in [0.15, 0.2) is 11.6 Å². The summed E-state index contributed by atoms with van der Waals surface area (Å²) in [6, 6.07) is 2.12. The minimum Gasteiger partial charge on any atom is -0.299 e. The number of halogens is 3. The lowest BCUT2D eigenvalue weighted by Crippen LogP contribution is -2.72. The number of carbonyl (C=O) groups is 2. The fourth-order valence-corrected chi connectivity index (χ4v) is 12.5. The van der Waals surface area contributed by atoms with E-state index < -0.39 is 55.6 Å². The van der Waals surface area contributed by atoms with E-state index in [1.54, 1.807) is 0 Å². The average molecular weight is 611 g/mol. The summed E-state index contributed by atoms with van der Waals surface area (Å²) in [4.78, 5) is 27.8. The molecule has 0 aliphatic heterocycles. The molecular weight excluding hydrogens is 565 g/mol. The Morgan fingerprint density at radius 3 is 2.17 bits per heavy atom. The maximum absolute atomic E-state index is 14.5. The number of ketones is 2. The van der Waals surface area contributed by atoms with E-state index in [1.165, 1.54) is 0 Å². The first-order valence-corrected chi connectivity index (χ1v) is 16.9. The highest BCUT2D eigenvalue weighted by Gasteiger charge is 2.72. The number of carbonyl (C=O) groups excluding carboxylic acids is 2. The van der Waals surface area contributed by atoms with Gasteiger partial charge in [-0.25, -0.2) is 13.1 Å². The fourth-order valence-electron chi connectivity index (χ4n) is 11.0. The third kappa shape index (κ3) is 4.45. The van der Waals surface area contributed by atoms with Crippen LogP contribution in [0.4, 0.5) is 13.2 Å². The summed E-state index contributed by atoms with van der Waals surface area (Å²) in [6.45, 7) is 14.5. The molecule has 4 saturated carbocycles. The number of allylic oxidation sites excluding steroid dienone is 2. The summed E-state index contributed by atoms with van der Waals surface area (Å²) in [5.41, 5.74) is -3.33. The van der Waals surface area contributed by atoms with Crippen molar-refractivity contribution in [2.45, 2.75) is 112 Å². The summed E-state index contributed by atoms with van der Waals surface area (Å²) in [5.74, 6) is -3.14. The van der Waals surface area contributed by atoms with Crippen molar-refractivity contribution >= 4 is 21.6 Å². The first kappa shape index (κ1) is 31.7. The predicted octanol–water partition coefficient (Wildman–Crippen LogP) is 6.52. The minimum absolute atomic E-state index is 0.0326. The summed E-state index contributed by atoms with van der Waals surface area (Å²) < 4.78 is 68.2. The van der Waals surface area contributed by atoms with Gasteiger partial charge in [0.15, 0.2) is 11.5 Å². The first-order chi connectivity index (χ1) is 19.0. The van der Waals surface area contributed by atoms with Crippen molar-refractivity contribution in [1.82, 2.24) is 4.72 Å². The van der Waals surface area contributed by atoms with Gasteiger partial charge in [0, 0.05) is 23.3 Å². The Morgan fingerprint density at radius 2 is 1.57 bits per heavy atom. The number of sulfonamides is 1. The Labute approximate surface area is 248 Å². The first-order valence-electron chi connectivity index (χ1n) is 15.3. The molecule has 0 saturated heterocycles. The molecule has 6 nitrogen and oxygen atoms in total. The lowest BCUT2D eigenvalue weighted by Gasteiger charge is -2.72. The van der Waals surface area contributed by atoms with Crippen LogP contribution in [0.3, 0.4) is 0 Å². The second kappa shape index (κ2) is 9.15. The standard InChI is InChI=1S/C32H45F3N2O4S/c1-26(2)10-12-31(37-42(40,41)18-32(33,34)35)13-11-30(7)24(20(31)16-26)21(38)14-23-28(5)15-19(17-36)25(39)27(3,4)22(28)8-9-29(23,30)6/h15,20,22-24,37H,8-14,16,18H2,1-7H3. The van der Waals surface area contributed by atoms with Gasteiger partial charge in [0.25, 0.3) is 0 Å². The normalized spacial score (nSPS) is 44.5. The molecule has 10 heteroatoms. The lowest BCUT2D eigenvalue weighted by molar-refractivity contribution is -0.214. The highest BCUT2D eigenvalue weighted by Crippen LogP contribution is 2.74. The third-order valence-corrected chi connectivity index (χ3v) is 14.6. The highest BCUT2D eigenvalue weighted by atomic mass is 32.2. The monoisotopic (exact) mass is 610 g/mol. The summed E-state index contributed by atoms with van der Waals surface area (Å²) in [7, 11) is -4.68. The van der Waals surface area contributed by atoms with Crippen molar-refractivity contribution in [1.29, 1.82) is 5.26 Å². The zero-order valence-electron chi connectivity index (χ0n) is 25.9. The molecule has 0 aromatic rings. The zero-order valence-corrected chi connectivity index (χ0v) is 26.7. The second-order valence-corrected chi connectivity index (χ2v) is 18.0. The summed E-state index contributed by atoms with van der Waals surface area (Å²) in [5, 5.41) is 9.89. The van der Waals surface area contributed by atoms with E-state index in [4.69, 9.17) is 0 Å². The van der Waals surface area contributed by atoms with Crippen LogP contribution in [0.2, 0.25) is 0 Å². The van der Waals surface area contributed by atoms with Gasteiger partial charge in [0.05, 0.1) is 5.57 Å². The van der Waals surface area contributed by atoms with Gasteiger partial charge in [-0.2, -0.15) is 18.4 Å². The molecule has 0 spiro atoms. The molecule has 0 bridgehead atoms. The van der Waals surface area contributed by atoms with Crippen LogP contribution in [0.1, 0.15) is 99.8 Å². The third-order valence-electron chi connectivity index (χ3n) is 13.2. The van der Waals surface area contributed by atoms with Crippen LogP contribution in [-0.2, 0) is 19.6 Å². The van der Waals surface area contributed by atoms with Gasteiger partial charge in [-0.3, -0.25) is 9.59 Å². The number of fused-ring (bicyclic) bond motifs is 7. The maximum Gasteiger partial charge on any atom is 0.404 e. The van der Waals surface area contributed by atoms with Crippen molar-refractivity contribution in [3.63, 3.8) is 0 Å². The van der Waals surface area contributed by atoms with Crippen LogP contribution < -0.4 is 4.72 Å². The quantitative estimate of drug-likeness (QED) is 0.392. The largest absolute Gasteiger partial charge is 0.404 e. The van der Waals surface area contributed by atoms with Gasteiger partial charge < -0.3 is 0 Å². The zero-order chi connectivity index (χ0) is 31.5. The number of hydrogen-bond donors (Lipinski definition) is 1. The molecule has 42 heavy (non-hydrogen) atoms. The molecule has 4 fully saturated rings. The van der Waals surface area contributed by atoms with Crippen molar-refractivity contribution in [3.8, 4) is 6.07 Å². The predicted molar refractivity (Wildman–Crippen MR) is 152 cm³/mol. The number of nitrogens with one attached hydrogen (secondary N) is 1. The molecule has 5 aliphatic carbocycles. The molecule has 0 heterocycles. The number of nitrogens with zero attached hydrogens (tertiary/aromatic N) is 1. The Morgan fingerprint density at radius 1 is 0.952 bits per heavy atom. The topological polar surface area (TPSA) is 104 Å². The van der Waals surface area contributed by atoms with Gasteiger partial charge in [0.2, 0.25) is 10.0 Å². The highest BCUT2D eigenvalue weighted by molar-refractivity contribution is 7.89. The molecule has 5 rings (SSSR count). The smallest absolute Gasteiger partial charge is 0.299 e. The lowest BCUT2D eigenvalue weighted by atomic mass is 9.32. The number of nitriles is 1. The number of alkyl halides is 3. The van der Waals surface area contributed by atoms with E-state index in [9.17, 15) is 36.4 Å². The number of Topliss-reactive ketones (excluding diaryl/α,β-unsaturated/α-hetero) is 2. The SMILES string of the molecule is CC1(C)CCC2(NS(=O)(=O)CC(F)(F)F)CCC3(C)C(C(=O)CC4C5(C)C=C(C#N)C(=O)C(C)(C)C5CCC43C)C2C1. The van der Waals surface area contributed by atoms with Gasteiger partial charge in [0.1, 0.15) is 11.9 Å². The molecule has 0 aromatic heterocycles. The van der Waals surface area contributed by atoms with E-state index in [0.717, 1.165) is 12.8 Å². The molecule has 0 radical (unpaired) electrons. The molecule has 0 amide bonds. The maximum atomic E-state index is 14.5. The van der Waals surface area contributed by atoms with Crippen molar-refractivity contribution in [2.75, 3.05) is 5.75 Å². The average Bonchev–Trinajstić information content (AvgIpc) is 2.82. The second-order valence-electron chi connectivity index (χ2n) is 16.3. The molecule has 8 atom stereocenters. The van der Waals surface area contributed by atoms with Crippen LogP contribution >= 0.6 is 0 Å². The molecule has 234 valence electrons. The molecular formula is C32H45F3N2O4S. The van der Waals surface area contributed by atoms with Crippen molar-refractivity contribution < 1.29 is 31.2 Å². The van der Waals surface area contributed by atoms with E-state index >= 15 is 0 Å². The van der Waals surface area contributed by atoms with Crippen LogP contribution in [0, 0.1) is 62.1 Å². The molecule has 5 aliphatic rings. The Kier molecular flexibility index (Phi) is 6.91. The molecule has 0 aromatic carbocycles. The van der Waals surface area contributed by atoms with Crippen molar-refractivity contribution in [2.24, 2.45) is 50.7 Å². The van der Waals surface area contributed by atoms with E-state index in [1.807, 2.05) is 19.9 Å². The van der Waals surface area contributed by atoms with Gasteiger partial charge in [-0.05, 0) is 84.4 Å². The molecule has 1 N–H and O–H groups in total. The van der Waals surface area contributed by atoms with E-state index in [0.29, 0.717) is 32.1 Å². The Hall–Kier alpha value is -1.73. The van der Waals surface area contributed by atoms with Crippen LogP contribution in [0.5, 0.6) is 0 Å². The van der Waals surface area contributed by atoms with E-state index in [2.05, 4.69) is 45.4 Å². The van der Waals surface area contributed by atoms with E-state index in [-0.39, 0.29) is 46.2 Å². The molecule has 8 unspecified atom stereocenters. The van der Waals surface area contributed by atoms with Gasteiger partial charge >= 0.3 is 6.18 Å². The Balaban J connectivity index is 1.60. The minimum atomic E-state index is -4.87. The van der Waals surface area contributed by atoms with Crippen LogP contribution in [-0.4, -0.2) is 37.5 Å². The Bertz CT molecular complexity index is 1390.